The summed E-state index contributed by atoms with van der Waals surface area (Å²) in [5, 5.41) is 3.95. The zero-order valence-electron chi connectivity index (χ0n) is 11.3. The van der Waals surface area contributed by atoms with E-state index in [0.717, 1.165) is 12.1 Å². The van der Waals surface area contributed by atoms with Crippen LogP contribution < -0.4 is 5.32 Å². The minimum atomic E-state index is 0.0724. The largest absolute Gasteiger partial charge is 0.308 e. The lowest BCUT2D eigenvalue weighted by Crippen LogP contribution is -2.35. The molecule has 0 radical (unpaired) electrons. The maximum Gasteiger partial charge on any atom is 0.179 e. The van der Waals surface area contributed by atoms with Gasteiger partial charge in [-0.3, -0.25) is 4.98 Å². The smallest absolute Gasteiger partial charge is 0.179 e. The van der Waals surface area contributed by atoms with E-state index in [2.05, 4.69) is 41.0 Å². The molecular weight excluding hydrogens is 260 g/mol. The predicted octanol–water partition coefficient (Wildman–Crippen LogP) is 3.08. The Labute approximate surface area is 118 Å². The molecule has 0 amide bonds. The monoisotopic (exact) mass is 276 g/mol. The summed E-state index contributed by atoms with van der Waals surface area (Å²) in [6.45, 7) is 7.10. The normalized spacial score (nSPS) is 11.6. The van der Waals surface area contributed by atoms with Crippen LogP contribution >= 0.6 is 11.6 Å². The van der Waals surface area contributed by atoms with Gasteiger partial charge in [-0.25, -0.2) is 9.97 Å². The number of nitrogens with one attached hydrogen (secondary N) is 1. The Hall–Kier alpha value is -1.52. The molecule has 2 heterocycles. The average Bonchev–Trinajstić information content (AvgIpc) is 2.37. The lowest BCUT2D eigenvalue weighted by Gasteiger charge is -2.20. The van der Waals surface area contributed by atoms with E-state index < -0.39 is 0 Å². The fourth-order valence-electron chi connectivity index (χ4n) is 1.49. The zero-order chi connectivity index (χ0) is 13.9. The summed E-state index contributed by atoms with van der Waals surface area (Å²) in [6, 6.07) is 3.57. The van der Waals surface area contributed by atoms with Gasteiger partial charge in [0.15, 0.2) is 5.82 Å². The van der Waals surface area contributed by atoms with Crippen molar-refractivity contribution >= 4 is 11.6 Å². The van der Waals surface area contributed by atoms with Crippen LogP contribution in [0.4, 0.5) is 0 Å². The van der Waals surface area contributed by atoms with Crippen molar-refractivity contribution in [2.24, 2.45) is 0 Å². The number of rotatable bonds is 3. The van der Waals surface area contributed by atoms with Crippen molar-refractivity contribution in [1.82, 2.24) is 20.3 Å². The minimum absolute atomic E-state index is 0.0724. The van der Waals surface area contributed by atoms with Crippen LogP contribution in [0.3, 0.4) is 0 Å². The van der Waals surface area contributed by atoms with Crippen molar-refractivity contribution in [1.29, 1.82) is 0 Å². The second-order valence-electron chi connectivity index (χ2n) is 5.35. The van der Waals surface area contributed by atoms with Gasteiger partial charge in [0.1, 0.15) is 5.69 Å². The Morgan fingerprint density at radius 2 is 1.84 bits per heavy atom. The molecule has 0 aliphatic carbocycles. The summed E-state index contributed by atoms with van der Waals surface area (Å²) in [5.74, 6) is 0.546. The van der Waals surface area contributed by atoms with Crippen LogP contribution in [0.15, 0.2) is 30.7 Å². The molecule has 0 saturated carbocycles. The summed E-state index contributed by atoms with van der Waals surface area (Å²) >= 11 is 6.06. The van der Waals surface area contributed by atoms with E-state index in [-0.39, 0.29) is 5.54 Å². The molecule has 0 aliphatic heterocycles. The molecule has 2 rings (SSSR count). The molecule has 19 heavy (non-hydrogen) atoms. The molecule has 0 bridgehead atoms. The predicted molar refractivity (Wildman–Crippen MR) is 76.9 cm³/mol. The van der Waals surface area contributed by atoms with Crippen LogP contribution in [0.5, 0.6) is 0 Å². The summed E-state index contributed by atoms with van der Waals surface area (Å²) in [7, 11) is 0. The maximum absolute atomic E-state index is 6.06. The number of hydrogen-bond acceptors (Lipinski definition) is 4. The quantitative estimate of drug-likeness (QED) is 0.936. The van der Waals surface area contributed by atoms with E-state index in [0.29, 0.717) is 16.5 Å². The molecule has 0 unspecified atom stereocenters. The minimum Gasteiger partial charge on any atom is -0.308 e. The van der Waals surface area contributed by atoms with Crippen molar-refractivity contribution in [2.45, 2.75) is 32.9 Å². The van der Waals surface area contributed by atoms with Crippen molar-refractivity contribution in [3.8, 4) is 11.5 Å². The van der Waals surface area contributed by atoms with Crippen LogP contribution in [0.1, 0.15) is 26.3 Å². The van der Waals surface area contributed by atoms with Crippen LogP contribution in [-0.4, -0.2) is 20.5 Å². The lowest BCUT2D eigenvalue weighted by molar-refractivity contribution is 0.423. The Morgan fingerprint density at radius 3 is 2.42 bits per heavy atom. The first-order valence-electron chi connectivity index (χ1n) is 6.12. The second-order valence-corrected chi connectivity index (χ2v) is 5.76. The van der Waals surface area contributed by atoms with Gasteiger partial charge in [-0.05, 0) is 32.9 Å². The summed E-state index contributed by atoms with van der Waals surface area (Å²) in [6.07, 6.45) is 5.28. The SMILES string of the molecule is CC(C)(C)NCc1cnc(-c2ncccc2Cl)nc1. The Kier molecular flexibility index (Phi) is 4.12. The van der Waals surface area contributed by atoms with Crippen molar-refractivity contribution < 1.29 is 0 Å². The molecule has 0 spiro atoms. The van der Waals surface area contributed by atoms with Gasteiger partial charge in [-0.1, -0.05) is 11.6 Å². The molecule has 4 nitrogen and oxygen atoms in total. The summed E-state index contributed by atoms with van der Waals surface area (Å²) in [4.78, 5) is 12.8. The molecule has 0 atom stereocenters. The van der Waals surface area contributed by atoms with Gasteiger partial charge in [-0.2, -0.15) is 0 Å². The Morgan fingerprint density at radius 1 is 1.16 bits per heavy atom. The molecular formula is C14H17ClN4. The van der Waals surface area contributed by atoms with Gasteiger partial charge < -0.3 is 5.32 Å². The molecule has 0 saturated heterocycles. The topological polar surface area (TPSA) is 50.7 Å². The van der Waals surface area contributed by atoms with Crippen molar-refractivity contribution in [3.63, 3.8) is 0 Å². The highest BCUT2D eigenvalue weighted by atomic mass is 35.5. The fourth-order valence-corrected chi connectivity index (χ4v) is 1.69. The van der Waals surface area contributed by atoms with E-state index in [1.54, 1.807) is 30.7 Å². The zero-order valence-corrected chi connectivity index (χ0v) is 12.1. The first-order valence-corrected chi connectivity index (χ1v) is 6.50. The number of halogens is 1. The van der Waals surface area contributed by atoms with Crippen LogP contribution in [0.2, 0.25) is 5.02 Å². The highest BCUT2D eigenvalue weighted by Crippen LogP contribution is 2.21. The number of aromatic nitrogens is 3. The molecule has 0 aromatic carbocycles. The molecule has 2 aromatic heterocycles. The van der Waals surface area contributed by atoms with E-state index in [9.17, 15) is 0 Å². The van der Waals surface area contributed by atoms with Crippen LogP contribution in [-0.2, 0) is 6.54 Å². The molecule has 0 fully saturated rings. The lowest BCUT2D eigenvalue weighted by atomic mass is 10.1. The molecule has 1 N–H and O–H groups in total. The highest BCUT2D eigenvalue weighted by Gasteiger charge is 2.10. The van der Waals surface area contributed by atoms with E-state index in [1.807, 2.05) is 0 Å². The van der Waals surface area contributed by atoms with Gasteiger partial charge >= 0.3 is 0 Å². The standard InChI is InChI=1S/C14H17ClN4/c1-14(2,3)19-9-10-7-17-13(18-8-10)12-11(15)5-4-6-16-12/h4-8,19H,9H2,1-3H3. The third kappa shape index (κ3) is 3.98. The van der Waals surface area contributed by atoms with Gasteiger partial charge in [0.05, 0.1) is 5.02 Å². The third-order valence-electron chi connectivity index (χ3n) is 2.50. The first-order chi connectivity index (χ1) is 8.96. The summed E-state index contributed by atoms with van der Waals surface area (Å²) < 4.78 is 0. The summed E-state index contributed by atoms with van der Waals surface area (Å²) in [5.41, 5.74) is 1.72. The number of hydrogen-bond donors (Lipinski definition) is 1. The van der Waals surface area contributed by atoms with Crippen LogP contribution in [0.25, 0.3) is 11.5 Å². The molecule has 0 aliphatic rings. The fraction of sp³-hybridized carbons (Fsp3) is 0.357. The van der Waals surface area contributed by atoms with Gasteiger partial charge in [0, 0.05) is 36.2 Å². The van der Waals surface area contributed by atoms with Gasteiger partial charge in [0.25, 0.3) is 0 Å². The van der Waals surface area contributed by atoms with E-state index in [4.69, 9.17) is 11.6 Å². The molecule has 2 aromatic rings. The molecule has 100 valence electrons. The van der Waals surface area contributed by atoms with Gasteiger partial charge in [0.2, 0.25) is 0 Å². The average molecular weight is 277 g/mol. The number of nitrogens with zero attached hydrogens (tertiary/aromatic N) is 3. The maximum atomic E-state index is 6.06. The molecule has 5 heteroatoms. The number of pyridine rings is 1. The van der Waals surface area contributed by atoms with E-state index in [1.165, 1.54) is 0 Å². The highest BCUT2D eigenvalue weighted by molar-refractivity contribution is 6.32. The van der Waals surface area contributed by atoms with E-state index >= 15 is 0 Å². The third-order valence-corrected chi connectivity index (χ3v) is 2.80. The van der Waals surface area contributed by atoms with Crippen molar-refractivity contribution in [2.75, 3.05) is 0 Å². The Balaban J connectivity index is 2.13. The first kappa shape index (κ1) is 13.9. The van der Waals surface area contributed by atoms with Gasteiger partial charge in [-0.15, -0.1) is 0 Å². The van der Waals surface area contributed by atoms with Crippen LogP contribution in [0, 0.1) is 0 Å². The Bertz CT molecular complexity index is 546. The second kappa shape index (κ2) is 5.63. The van der Waals surface area contributed by atoms with Crippen molar-refractivity contribution in [3.05, 3.63) is 41.3 Å².